The summed E-state index contributed by atoms with van der Waals surface area (Å²) in [5.74, 6) is -3.17. The fourth-order valence-corrected chi connectivity index (χ4v) is 6.24. The number of hydrogen-bond acceptors (Lipinski definition) is 6. The van der Waals surface area contributed by atoms with Crippen molar-refractivity contribution in [1.82, 2.24) is 21.3 Å². The third-order valence-corrected chi connectivity index (χ3v) is 9.42. The minimum Gasteiger partial charge on any atom is -0.370 e. The molecule has 14 heteroatoms. The third-order valence-electron chi connectivity index (χ3n) is 8.70. The van der Waals surface area contributed by atoms with E-state index in [1.807, 2.05) is 109 Å². The number of nitrogens with zero attached hydrogens (tertiary/aromatic N) is 1. The maximum atomic E-state index is 14.1. The van der Waals surface area contributed by atoms with Gasteiger partial charge in [-0.3, -0.25) is 29.0 Å². The highest BCUT2D eigenvalue weighted by Gasteiger charge is 2.31. The van der Waals surface area contributed by atoms with Crippen LogP contribution in [0.4, 0.5) is 0 Å². The summed E-state index contributed by atoms with van der Waals surface area (Å²) in [6.45, 7) is 1.49. The zero-order valence-electron chi connectivity index (χ0n) is 30.5. The summed E-state index contributed by atoms with van der Waals surface area (Å²) >= 11 is 2.17. The number of nitrogens with one attached hydrogen (secondary N) is 4. The number of carbonyl (C=O) groups excluding carboxylic acids is 5. The van der Waals surface area contributed by atoms with Crippen molar-refractivity contribution in [1.29, 1.82) is 0 Å². The Morgan fingerprint density at radius 3 is 1.55 bits per heavy atom. The molecule has 0 aliphatic rings. The van der Waals surface area contributed by atoms with E-state index in [2.05, 4.69) is 48.9 Å². The Labute approximate surface area is 334 Å². The number of benzene rings is 4. The lowest BCUT2D eigenvalue weighted by molar-refractivity contribution is -0.134. The fraction of sp³-hybridized carbons (Fsp3) is 0.268. The van der Waals surface area contributed by atoms with Gasteiger partial charge in [0.1, 0.15) is 24.2 Å². The molecule has 5 amide bonds. The van der Waals surface area contributed by atoms with Gasteiger partial charge in [0.2, 0.25) is 29.5 Å². The number of aliphatic imine (C=N–C) groups is 1. The van der Waals surface area contributed by atoms with Crippen LogP contribution in [0.15, 0.2) is 114 Å². The van der Waals surface area contributed by atoms with Gasteiger partial charge in [0.25, 0.3) is 0 Å². The molecule has 0 unspecified atom stereocenters. The summed E-state index contributed by atoms with van der Waals surface area (Å²) < 4.78 is 0.979. The van der Waals surface area contributed by atoms with Gasteiger partial charge in [0, 0.05) is 36.3 Å². The molecule has 0 aliphatic heterocycles. The molecular formula is C41H47IN8O5. The number of carbonyl (C=O) groups is 5. The van der Waals surface area contributed by atoms with Crippen LogP contribution >= 0.6 is 22.6 Å². The average Bonchev–Trinajstić information content (AvgIpc) is 3.16. The van der Waals surface area contributed by atoms with E-state index in [9.17, 15) is 24.0 Å². The lowest BCUT2D eigenvalue weighted by Crippen LogP contribution is -2.59. The topological polar surface area (TPSA) is 224 Å². The predicted molar refractivity (Wildman–Crippen MR) is 221 cm³/mol. The van der Waals surface area contributed by atoms with Crippen LogP contribution in [0.2, 0.25) is 0 Å². The van der Waals surface area contributed by atoms with E-state index in [1.54, 1.807) is 0 Å². The first-order valence-corrected chi connectivity index (χ1v) is 18.9. The Hall–Kier alpha value is -5.77. The molecule has 0 aliphatic carbocycles. The van der Waals surface area contributed by atoms with Crippen molar-refractivity contribution in [2.24, 2.45) is 22.2 Å². The second kappa shape index (κ2) is 21.2. The van der Waals surface area contributed by atoms with Crippen molar-refractivity contribution in [2.45, 2.75) is 63.2 Å². The summed E-state index contributed by atoms with van der Waals surface area (Å²) in [5, 5.41) is 11.0. The van der Waals surface area contributed by atoms with Gasteiger partial charge in [-0.2, -0.15) is 0 Å². The van der Waals surface area contributed by atoms with E-state index in [1.165, 1.54) is 6.92 Å². The van der Waals surface area contributed by atoms with Crippen LogP contribution in [-0.4, -0.2) is 66.2 Å². The van der Waals surface area contributed by atoms with Crippen molar-refractivity contribution in [3.05, 3.63) is 129 Å². The standard InChI is InChI=1S/C41H47IN8O5/c1-26(51)47-35(24-28-14-18-31(19-15-28)30-11-6-3-7-12-30)39(54)48-33(13-8-22-46-41(44)45)38(53)50-36(25-29-16-20-32(42)21-17-29)40(55)49-34(37(43)52)23-27-9-4-2-5-10-27/h2-7,9-12,14-21,33-36H,8,13,22-25H2,1H3,(H2,43,52)(H,47,51)(H,48,54)(H,49,55)(H,50,53)(H4,44,45,46)/t33-,34-,35-,36+/m0/s1. The smallest absolute Gasteiger partial charge is 0.243 e. The monoisotopic (exact) mass is 858 g/mol. The number of hydrogen-bond donors (Lipinski definition) is 7. The Bertz CT molecular complexity index is 1920. The van der Waals surface area contributed by atoms with E-state index >= 15 is 0 Å². The van der Waals surface area contributed by atoms with E-state index < -0.39 is 53.7 Å². The second-order valence-electron chi connectivity index (χ2n) is 13.1. The summed E-state index contributed by atoms with van der Waals surface area (Å²) in [5.41, 5.74) is 21.1. The molecule has 0 aromatic heterocycles. The quantitative estimate of drug-likeness (QED) is 0.0323. The van der Waals surface area contributed by atoms with Crippen LogP contribution in [0.25, 0.3) is 11.1 Å². The molecule has 4 atom stereocenters. The maximum absolute atomic E-state index is 14.1. The number of nitrogens with two attached hydrogens (primary N) is 3. The van der Waals surface area contributed by atoms with Crippen molar-refractivity contribution in [3.8, 4) is 11.1 Å². The summed E-state index contributed by atoms with van der Waals surface area (Å²) in [4.78, 5) is 70.5. The van der Waals surface area contributed by atoms with E-state index in [0.717, 1.165) is 31.4 Å². The molecule has 0 radical (unpaired) electrons. The molecule has 0 saturated carbocycles. The van der Waals surface area contributed by atoms with Crippen LogP contribution in [0.1, 0.15) is 36.5 Å². The van der Waals surface area contributed by atoms with Crippen molar-refractivity contribution in [3.63, 3.8) is 0 Å². The van der Waals surface area contributed by atoms with E-state index in [0.29, 0.717) is 6.42 Å². The van der Waals surface area contributed by atoms with E-state index in [4.69, 9.17) is 17.2 Å². The highest BCUT2D eigenvalue weighted by Crippen LogP contribution is 2.20. The van der Waals surface area contributed by atoms with Gasteiger partial charge in [-0.05, 0) is 75.4 Å². The van der Waals surface area contributed by atoms with Crippen molar-refractivity contribution in [2.75, 3.05) is 6.54 Å². The molecular weight excluding hydrogens is 811 g/mol. The Kier molecular flexibility index (Phi) is 16.2. The summed E-state index contributed by atoms with van der Waals surface area (Å²) in [7, 11) is 0. The lowest BCUT2D eigenvalue weighted by atomic mass is 9.99. The Balaban J connectivity index is 1.56. The lowest BCUT2D eigenvalue weighted by Gasteiger charge is -2.26. The van der Waals surface area contributed by atoms with Crippen LogP contribution in [0, 0.1) is 3.57 Å². The highest BCUT2D eigenvalue weighted by molar-refractivity contribution is 14.1. The first-order chi connectivity index (χ1) is 26.4. The van der Waals surface area contributed by atoms with Crippen LogP contribution in [0.5, 0.6) is 0 Å². The second-order valence-corrected chi connectivity index (χ2v) is 14.3. The molecule has 4 aromatic rings. The molecule has 4 aromatic carbocycles. The molecule has 0 bridgehead atoms. The molecule has 0 heterocycles. The molecule has 288 valence electrons. The van der Waals surface area contributed by atoms with Crippen LogP contribution < -0.4 is 38.5 Å². The van der Waals surface area contributed by atoms with Crippen molar-refractivity contribution < 1.29 is 24.0 Å². The van der Waals surface area contributed by atoms with Crippen LogP contribution in [0.3, 0.4) is 0 Å². The number of rotatable bonds is 19. The van der Waals surface area contributed by atoms with Gasteiger partial charge >= 0.3 is 0 Å². The van der Waals surface area contributed by atoms with Gasteiger partial charge in [-0.1, -0.05) is 97.1 Å². The molecule has 13 nitrogen and oxygen atoms in total. The largest absolute Gasteiger partial charge is 0.370 e. The normalized spacial score (nSPS) is 12.9. The summed E-state index contributed by atoms with van der Waals surface area (Å²) in [6, 6.07) is 29.6. The zero-order valence-corrected chi connectivity index (χ0v) is 32.7. The average molecular weight is 859 g/mol. The Morgan fingerprint density at radius 1 is 0.564 bits per heavy atom. The summed E-state index contributed by atoms with van der Waals surface area (Å²) in [6.07, 6.45) is 0.776. The molecule has 0 saturated heterocycles. The SMILES string of the molecule is CC(=O)N[C@@H](Cc1ccc(-c2ccccc2)cc1)C(=O)N[C@@H](CCCN=C(N)N)C(=O)N[C@H](Cc1ccc(I)cc1)C(=O)N[C@@H](Cc1ccccc1)C(N)=O. The van der Waals surface area contributed by atoms with Crippen molar-refractivity contribution >= 4 is 58.1 Å². The minimum atomic E-state index is -1.16. The highest BCUT2D eigenvalue weighted by atomic mass is 127. The number of guanidine groups is 1. The third kappa shape index (κ3) is 14.2. The molecule has 55 heavy (non-hydrogen) atoms. The van der Waals surface area contributed by atoms with Gasteiger partial charge in [-0.25, -0.2) is 0 Å². The van der Waals surface area contributed by atoms with Gasteiger partial charge < -0.3 is 38.5 Å². The number of halogens is 1. The maximum Gasteiger partial charge on any atom is 0.243 e. The minimum absolute atomic E-state index is 0.0769. The Morgan fingerprint density at radius 2 is 1.00 bits per heavy atom. The first-order valence-electron chi connectivity index (χ1n) is 17.8. The molecule has 10 N–H and O–H groups in total. The molecule has 0 spiro atoms. The van der Waals surface area contributed by atoms with Gasteiger partial charge in [0.15, 0.2) is 5.96 Å². The molecule has 4 rings (SSSR count). The van der Waals surface area contributed by atoms with Crippen LogP contribution in [-0.2, 0) is 43.2 Å². The predicted octanol–water partition coefficient (Wildman–Crippen LogP) is 2.48. The van der Waals surface area contributed by atoms with E-state index in [-0.39, 0.29) is 38.2 Å². The number of primary amides is 1. The fourth-order valence-electron chi connectivity index (χ4n) is 5.88. The molecule has 0 fully saturated rings. The first kappa shape index (κ1) is 42.0. The number of amides is 5. The van der Waals surface area contributed by atoms with Gasteiger partial charge in [-0.15, -0.1) is 0 Å². The zero-order chi connectivity index (χ0) is 39.7. The van der Waals surface area contributed by atoms with Gasteiger partial charge in [0.05, 0.1) is 0 Å².